The Hall–Kier alpha value is -4.12. The SMILES string of the molecule is CCOC(=O)C1=C(C)Nc2ccccc2N/C1=N/S(=O)(=O)c1cc(/C=C/C(=O)O)ccc1OC. The van der Waals surface area contributed by atoms with Crippen molar-refractivity contribution in [3.05, 3.63) is 65.4 Å². The van der Waals surface area contributed by atoms with Crippen molar-refractivity contribution in [2.75, 3.05) is 24.4 Å². The highest BCUT2D eigenvalue weighted by Gasteiger charge is 2.29. The number of hydrogen-bond acceptors (Lipinski definition) is 7. The van der Waals surface area contributed by atoms with Crippen LogP contribution in [-0.2, 0) is 24.3 Å². The van der Waals surface area contributed by atoms with Crippen LogP contribution in [0.4, 0.5) is 11.4 Å². The molecule has 0 spiro atoms. The second-order valence-corrected chi connectivity index (χ2v) is 8.59. The number of hydrogen-bond donors (Lipinski definition) is 3. The highest BCUT2D eigenvalue weighted by molar-refractivity contribution is 7.90. The maximum Gasteiger partial charge on any atom is 0.343 e. The minimum Gasteiger partial charge on any atom is -0.495 e. The molecule has 0 saturated heterocycles. The van der Waals surface area contributed by atoms with Gasteiger partial charge >= 0.3 is 11.9 Å². The first kappa shape index (κ1) is 24.5. The van der Waals surface area contributed by atoms with E-state index in [0.717, 1.165) is 6.08 Å². The predicted molar refractivity (Wildman–Crippen MR) is 127 cm³/mol. The second-order valence-electron chi connectivity index (χ2n) is 7.01. The smallest absolute Gasteiger partial charge is 0.343 e. The van der Waals surface area contributed by atoms with Crippen LogP contribution in [0.2, 0.25) is 0 Å². The average molecular weight is 486 g/mol. The fourth-order valence-corrected chi connectivity index (χ4v) is 4.36. The summed E-state index contributed by atoms with van der Waals surface area (Å²) in [6, 6.07) is 11.1. The van der Waals surface area contributed by atoms with Crippen LogP contribution >= 0.6 is 0 Å². The summed E-state index contributed by atoms with van der Waals surface area (Å²) in [5, 5.41) is 14.9. The van der Waals surface area contributed by atoms with Crippen LogP contribution in [0, 0.1) is 0 Å². The van der Waals surface area contributed by atoms with Crippen LogP contribution in [0.25, 0.3) is 6.08 Å². The van der Waals surface area contributed by atoms with Gasteiger partial charge in [-0.05, 0) is 49.8 Å². The number of esters is 1. The monoisotopic (exact) mass is 485 g/mol. The lowest BCUT2D eigenvalue weighted by Crippen LogP contribution is -2.25. The van der Waals surface area contributed by atoms with Gasteiger partial charge in [-0.1, -0.05) is 18.2 Å². The van der Waals surface area contributed by atoms with Gasteiger partial charge in [-0.3, -0.25) is 0 Å². The number of para-hydroxylation sites is 2. The number of aliphatic carboxylic acids is 1. The maximum absolute atomic E-state index is 13.4. The normalized spacial score (nSPS) is 14.7. The van der Waals surface area contributed by atoms with Crippen molar-refractivity contribution in [2.24, 2.45) is 4.40 Å². The summed E-state index contributed by atoms with van der Waals surface area (Å²) in [6.07, 6.45) is 2.12. The molecule has 3 N–H and O–H groups in total. The Morgan fingerprint density at radius 3 is 2.41 bits per heavy atom. The van der Waals surface area contributed by atoms with Crippen LogP contribution in [0.1, 0.15) is 19.4 Å². The molecule has 11 heteroatoms. The molecule has 0 aromatic heterocycles. The molecule has 0 bridgehead atoms. The Morgan fingerprint density at radius 1 is 1.12 bits per heavy atom. The standard InChI is InChI=1S/C23H23N3O7S/c1-4-33-23(29)21-14(2)24-16-7-5-6-8-17(16)25-22(21)26-34(30,31)19-13-15(10-12-20(27)28)9-11-18(19)32-3/h5-13,24H,4H2,1-3H3,(H,25,26)(H,27,28)/b12-10+. The van der Waals surface area contributed by atoms with Crippen molar-refractivity contribution in [2.45, 2.75) is 18.7 Å². The number of sulfonamides is 1. The highest BCUT2D eigenvalue weighted by atomic mass is 32.2. The van der Waals surface area contributed by atoms with Gasteiger partial charge in [0.1, 0.15) is 16.2 Å². The zero-order chi connectivity index (χ0) is 24.9. The zero-order valence-corrected chi connectivity index (χ0v) is 19.5. The van der Waals surface area contributed by atoms with Crippen LogP contribution in [0.15, 0.2) is 69.1 Å². The number of amidine groups is 1. The highest BCUT2D eigenvalue weighted by Crippen LogP contribution is 2.31. The molecule has 0 atom stereocenters. The maximum atomic E-state index is 13.4. The summed E-state index contributed by atoms with van der Waals surface area (Å²) in [6.45, 7) is 3.32. The number of nitrogens with one attached hydrogen (secondary N) is 2. The average Bonchev–Trinajstić information content (AvgIpc) is 2.92. The molecular formula is C23H23N3O7S. The van der Waals surface area contributed by atoms with Crippen LogP contribution in [-0.4, -0.2) is 45.0 Å². The first-order valence-electron chi connectivity index (χ1n) is 10.1. The minimum atomic E-state index is -4.44. The van der Waals surface area contributed by atoms with Gasteiger partial charge in [0.2, 0.25) is 0 Å². The summed E-state index contributed by atoms with van der Waals surface area (Å²) in [4.78, 5) is 23.3. The first-order valence-corrected chi connectivity index (χ1v) is 11.6. The number of carboxylic acid groups (broad SMARTS) is 1. The van der Waals surface area contributed by atoms with Gasteiger partial charge in [-0.15, -0.1) is 4.40 Å². The molecular weight excluding hydrogens is 462 g/mol. The van der Waals surface area contributed by atoms with Crippen LogP contribution in [0.3, 0.4) is 0 Å². The van der Waals surface area contributed by atoms with Crippen molar-refractivity contribution >= 4 is 45.2 Å². The molecule has 34 heavy (non-hydrogen) atoms. The Labute approximate surface area is 196 Å². The number of benzene rings is 2. The quantitative estimate of drug-likeness (QED) is 0.398. The van der Waals surface area contributed by atoms with E-state index in [2.05, 4.69) is 15.0 Å². The van der Waals surface area contributed by atoms with E-state index in [9.17, 15) is 18.0 Å². The van der Waals surface area contributed by atoms with E-state index in [4.69, 9.17) is 14.6 Å². The lowest BCUT2D eigenvalue weighted by atomic mass is 10.2. The number of methoxy groups -OCH3 is 1. The topological polar surface area (TPSA) is 143 Å². The number of carbonyl (C=O) groups excluding carboxylic acids is 1. The van der Waals surface area contributed by atoms with E-state index in [-0.39, 0.29) is 28.7 Å². The number of carbonyl (C=O) groups is 2. The Morgan fingerprint density at radius 2 is 1.79 bits per heavy atom. The van der Waals surface area contributed by atoms with Gasteiger partial charge in [-0.25, -0.2) is 9.59 Å². The third-order valence-electron chi connectivity index (χ3n) is 4.69. The number of ether oxygens (including phenoxy) is 2. The summed E-state index contributed by atoms with van der Waals surface area (Å²) in [5.74, 6) is -2.18. The van der Waals surface area contributed by atoms with Gasteiger partial charge in [0.15, 0.2) is 5.84 Å². The van der Waals surface area contributed by atoms with E-state index in [0.29, 0.717) is 22.6 Å². The number of fused-ring (bicyclic) bond motifs is 1. The van der Waals surface area contributed by atoms with E-state index in [1.165, 1.54) is 31.4 Å². The van der Waals surface area contributed by atoms with Gasteiger partial charge < -0.3 is 25.2 Å². The molecule has 0 amide bonds. The lowest BCUT2D eigenvalue weighted by Gasteiger charge is -2.13. The molecule has 0 aliphatic carbocycles. The molecule has 1 aliphatic heterocycles. The van der Waals surface area contributed by atoms with E-state index >= 15 is 0 Å². The van der Waals surface area contributed by atoms with Gasteiger partial charge in [0.25, 0.3) is 10.0 Å². The van der Waals surface area contributed by atoms with Crippen LogP contribution in [0.5, 0.6) is 5.75 Å². The number of allylic oxidation sites excluding steroid dienone is 1. The molecule has 0 saturated carbocycles. The lowest BCUT2D eigenvalue weighted by molar-refractivity contribution is -0.138. The van der Waals surface area contributed by atoms with Crippen molar-refractivity contribution < 1.29 is 32.6 Å². The summed E-state index contributed by atoms with van der Waals surface area (Å²) in [7, 11) is -3.14. The van der Waals surface area contributed by atoms with E-state index < -0.39 is 22.0 Å². The fourth-order valence-electron chi connectivity index (χ4n) is 3.19. The molecule has 3 rings (SSSR count). The summed E-state index contributed by atoms with van der Waals surface area (Å²) >= 11 is 0. The van der Waals surface area contributed by atoms with Gasteiger partial charge in [0, 0.05) is 11.8 Å². The Kier molecular flexibility index (Phi) is 7.37. The molecule has 178 valence electrons. The predicted octanol–water partition coefficient (Wildman–Crippen LogP) is 3.25. The van der Waals surface area contributed by atoms with E-state index in [1.54, 1.807) is 38.1 Å². The zero-order valence-electron chi connectivity index (χ0n) is 18.7. The molecule has 1 aliphatic rings. The van der Waals surface area contributed by atoms with Crippen molar-refractivity contribution in [3.8, 4) is 5.75 Å². The molecule has 0 radical (unpaired) electrons. The minimum absolute atomic E-state index is 0.00218. The number of nitrogens with zero attached hydrogens (tertiary/aromatic N) is 1. The van der Waals surface area contributed by atoms with Gasteiger partial charge in [0.05, 0.1) is 25.1 Å². The number of rotatable bonds is 7. The fraction of sp³-hybridized carbons (Fsp3) is 0.174. The Balaban J connectivity index is 2.19. The third kappa shape index (κ3) is 5.44. The first-order chi connectivity index (χ1) is 16.2. The largest absolute Gasteiger partial charge is 0.495 e. The van der Waals surface area contributed by atoms with E-state index in [1.807, 2.05) is 0 Å². The number of carboxylic acids is 1. The molecule has 0 unspecified atom stereocenters. The second kappa shape index (κ2) is 10.2. The summed E-state index contributed by atoms with van der Waals surface area (Å²) in [5.41, 5.74) is 1.68. The Bertz CT molecular complexity index is 1330. The van der Waals surface area contributed by atoms with Crippen LogP contribution < -0.4 is 15.4 Å². The molecule has 1 heterocycles. The molecule has 2 aromatic carbocycles. The summed E-state index contributed by atoms with van der Waals surface area (Å²) < 4.78 is 41.0. The molecule has 0 fully saturated rings. The third-order valence-corrected chi connectivity index (χ3v) is 5.99. The van der Waals surface area contributed by atoms with Crippen molar-refractivity contribution in [1.82, 2.24) is 0 Å². The molecule has 2 aromatic rings. The van der Waals surface area contributed by atoms with Crippen molar-refractivity contribution in [3.63, 3.8) is 0 Å². The molecule has 10 nitrogen and oxygen atoms in total. The van der Waals surface area contributed by atoms with Crippen molar-refractivity contribution in [1.29, 1.82) is 0 Å². The van der Waals surface area contributed by atoms with Gasteiger partial charge in [-0.2, -0.15) is 8.42 Å². The number of anilines is 2.